The van der Waals surface area contributed by atoms with Gasteiger partial charge in [0.05, 0.1) is 12.8 Å². The van der Waals surface area contributed by atoms with Crippen LogP contribution in [-0.4, -0.2) is 37.0 Å². The molecule has 0 aliphatic rings. The highest BCUT2D eigenvalue weighted by Gasteiger charge is 2.31. The molecule has 0 fully saturated rings. The average Bonchev–Trinajstić information content (AvgIpc) is 2.32. The van der Waals surface area contributed by atoms with Crippen molar-refractivity contribution in [1.82, 2.24) is 4.31 Å². The van der Waals surface area contributed by atoms with Crippen molar-refractivity contribution in [3.8, 4) is 0 Å². The van der Waals surface area contributed by atoms with Gasteiger partial charge in [-0.2, -0.15) is 4.31 Å². The lowest BCUT2D eigenvalue weighted by molar-refractivity contribution is -0.117. The molecule has 5 nitrogen and oxygen atoms in total. The number of nitrogens with one attached hydrogen (secondary N) is 1. The number of amides is 1. The van der Waals surface area contributed by atoms with Crippen LogP contribution in [0, 0.1) is 0 Å². The standard InChI is InChI=1S/C17H28N2O3S/c1-16(2,3)13-10-8-9-11-14(13)18-15(20)12-19(17(4,5)6)23(7,21)22/h8-11H,12H2,1-7H3,(H,18,20). The summed E-state index contributed by atoms with van der Waals surface area (Å²) in [6, 6.07) is 7.57. The average molecular weight is 340 g/mol. The van der Waals surface area contributed by atoms with Gasteiger partial charge in [-0.25, -0.2) is 8.42 Å². The number of nitrogens with zero attached hydrogens (tertiary/aromatic N) is 1. The predicted octanol–water partition coefficient (Wildman–Crippen LogP) is 2.98. The molecule has 0 atom stereocenters. The van der Waals surface area contributed by atoms with Crippen LogP contribution in [0.5, 0.6) is 0 Å². The number of hydrogen-bond acceptors (Lipinski definition) is 3. The highest BCUT2D eigenvalue weighted by molar-refractivity contribution is 7.88. The molecule has 0 saturated carbocycles. The van der Waals surface area contributed by atoms with E-state index in [0.717, 1.165) is 11.8 Å². The van der Waals surface area contributed by atoms with Crippen LogP contribution in [-0.2, 0) is 20.2 Å². The summed E-state index contributed by atoms with van der Waals surface area (Å²) in [6.45, 7) is 11.3. The van der Waals surface area contributed by atoms with E-state index in [9.17, 15) is 13.2 Å². The van der Waals surface area contributed by atoms with Crippen LogP contribution in [0.25, 0.3) is 0 Å². The Bertz CT molecular complexity index is 668. The third kappa shape index (κ3) is 5.62. The van der Waals surface area contributed by atoms with Gasteiger partial charge in [-0.3, -0.25) is 4.79 Å². The van der Waals surface area contributed by atoms with E-state index >= 15 is 0 Å². The van der Waals surface area contributed by atoms with Gasteiger partial charge < -0.3 is 5.32 Å². The molecule has 1 amide bonds. The molecular weight excluding hydrogens is 312 g/mol. The second-order valence-corrected chi connectivity index (χ2v) is 9.69. The summed E-state index contributed by atoms with van der Waals surface area (Å²) in [4.78, 5) is 12.4. The Balaban J connectivity index is 3.02. The van der Waals surface area contributed by atoms with Gasteiger partial charge in [-0.05, 0) is 37.8 Å². The number of sulfonamides is 1. The smallest absolute Gasteiger partial charge is 0.239 e. The summed E-state index contributed by atoms with van der Waals surface area (Å²) in [7, 11) is -3.48. The summed E-state index contributed by atoms with van der Waals surface area (Å²) in [5, 5.41) is 2.85. The fraction of sp³-hybridized carbons (Fsp3) is 0.588. The largest absolute Gasteiger partial charge is 0.325 e. The lowest BCUT2D eigenvalue weighted by atomic mass is 9.86. The Morgan fingerprint density at radius 1 is 1.09 bits per heavy atom. The van der Waals surface area contributed by atoms with Crippen LogP contribution in [0.2, 0.25) is 0 Å². The summed E-state index contributed by atoms with van der Waals surface area (Å²) in [5.41, 5.74) is 0.946. The lowest BCUT2D eigenvalue weighted by Crippen LogP contribution is -2.48. The van der Waals surface area contributed by atoms with E-state index in [4.69, 9.17) is 0 Å². The molecule has 0 aliphatic heterocycles. The van der Waals surface area contributed by atoms with Crippen LogP contribution in [0.1, 0.15) is 47.1 Å². The first kappa shape index (κ1) is 19.6. The molecule has 0 spiro atoms. The predicted molar refractivity (Wildman–Crippen MR) is 95.1 cm³/mol. The first-order valence-electron chi connectivity index (χ1n) is 7.60. The minimum atomic E-state index is -3.48. The van der Waals surface area contributed by atoms with Crippen LogP contribution in [0.3, 0.4) is 0 Å². The van der Waals surface area contributed by atoms with Crippen molar-refractivity contribution in [3.05, 3.63) is 29.8 Å². The lowest BCUT2D eigenvalue weighted by Gasteiger charge is -2.33. The zero-order valence-corrected chi connectivity index (χ0v) is 15.9. The molecule has 23 heavy (non-hydrogen) atoms. The molecule has 1 aromatic rings. The van der Waals surface area contributed by atoms with E-state index in [2.05, 4.69) is 26.1 Å². The second-order valence-electron chi connectivity index (χ2n) is 7.78. The van der Waals surface area contributed by atoms with E-state index in [-0.39, 0.29) is 17.9 Å². The Kier molecular flexibility index (Phi) is 5.65. The monoisotopic (exact) mass is 340 g/mol. The summed E-state index contributed by atoms with van der Waals surface area (Å²) in [5.74, 6) is -0.345. The molecule has 0 unspecified atom stereocenters. The normalized spacial score (nSPS) is 13.2. The van der Waals surface area contributed by atoms with Crippen LogP contribution in [0.15, 0.2) is 24.3 Å². The van der Waals surface area contributed by atoms with E-state index in [1.807, 2.05) is 24.3 Å². The minimum Gasteiger partial charge on any atom is -0.325 e. The Hall–Kier alpha value is -1.40. The van der Waals surface area contributed by atoms with Crippen molar-refractivity contribution in [3.63, 3.8) is 0 Å². The first-order valence-corrected chi connectivity index (χ1v) is 9.45. The van der Waals surface area contributed by atoms with E-state index in [1.54, 1.807) is 20.8 Å². The van der Waals surface area contributed by atoms with Crippen molar-refractivity contribution in [2.45, 2.75) is 52.5 Å². The Morgan fingerprint density at radius 3 is 2.04 bits per heavy atom. The van der Waals surface area contributed by atoms with Crippen molar-refractivity contribution in [1.29, 1.82) is 0 Å². The van der Waals surface area contributed by atoms with Gasteiger partial charge in [0.2, 0.25) is 15.9 Å². The molecule has 1 aromatic carbocycles. The number of carbonyl (C=O) groups excluding carboxylic acids is 1. The SMILES string of the molecule is CC(C)(C)c1ccccc1NC(=O)CN(C(C)(C)C)S(C)(=O)=O. The summed E-state index contributed by atoms with van der Waals surface area (Å²) >= 11 is 0. The number of benzene rings is 1. The number of anilines is 1. The minimum absolute atomic E-state index is 0.121. The van der Waals surface area contributed by atoms with Crippen LogP contribution >= 0.6 is 0 Å². The second kappa shape index (κ2) is 6.61. The molecular formula is C17H28N2O3S. The third-order valence-corrected chi connectivity index (χ3v) is 4.92. The number of hydrogen-bond donors (Lipinski definition) is 1. The summed E-state index contributed by atoms with van der Waals surface area (Å²) in [6.07, 6.45) is 1.12. The van der Waals surface area contributed by atoms with Gasteiger partial charge in [0, 0.05) is 11.2 Å². The van der Waals surface area contributed by atoms with Crippen LogP contribution < -0.4 is 5.32 Å². The molecule has 0 aliphatic carbocycles. The van der Waals surface area contributed by atoms with Gasteiger partial charge in [-0.15, -0.1) is 0 Å². The maximum absolute atomic E-state index is 12.4. The van der Waals surface area contributed by atoms with Gasteiger partial charge in [0.1, 0.15) is 0 Å². The van der Waals surface area contributed by atoms with Crippen molar-refractivity contribution in [2.24, 2.45) is 0 Å². The van der Waals surface area contributed by atoms with Gasteiger partial charge in [0.15, 0.2) is 0 Å². The molecule has 1 N–H and O–H groups in total. The molecule has 0 aromatic heterocycles. The van der Waals surface area contributed by atoms with E-state index in [0.29, 0.717) is 5.69 Å². The Labute approximate surface area is 140 Å². The van der Waals surface area contributed by atoms with Crippen molar-refractivity contribution in [2.75, 3.05) is 18.1 Å². The topological polar surface area (TPSA) is 66.5 Å². The first-order chi connectivity index (χ1) is 10.2. The van der Waals surface area contributed by atoms with Gasteiger partial charge >= 0.3 is 0 Å². The molecule has 0 saturated heterocycles. The highest BCUT2D eigenvalue weighted by Crippen LogP contribution is 2.29. The van der Waals surface area contributed by atoms with Gasteiger partial charge in [0.25, 0.3) is 0 Å². The maximum Gasteiger partial charge on any atom is 0.239 e. The molecule has 0 heterocycles. The Morgan fingerprint density at radius 2 is 1.61 bits per heavy atom. The molecule has 0 bridgehead atoms. The summed E-state index contributed by atoms with van der Waals surface area (Å²) < 4.78 is 25.1. The zero-order valence-electron chi connectivity index (χ0n) is 15.1. The molecule has 0 radical (unpaired) electrons. The van der Waals surface area contributed by atoms with E-state index < -0.39 is 15.6 Å². The number of carbonyl (C=O) groups is 1. The zero-order chi connectivity index (χ0) is 18.1. The fourth-order valence-electron chi connectivity index (χ4n) is 2.42. The van der Waals surface area contributed by atoms with E-state index in [1.165, 1.54) is 4.31 Å². The van der Waals surface area contributed by atoms with Crippen molar-refractivity contribution < 1.29 is 13.2 Å². The fourth-order valence-corrected chi connectivity index (χ4v) is 3.76. The quantitative estimate of drug-likeness (QED) is 0.916. The van der Waals surface area contributed by atoms with Gasteiger partial charge in [-0.1, -0.05) is 39.0 Å². The molecule has 130 valence electrons. The van der Waals surface area contributed by atoms with Crippen molar-refractivity contribution >= 4 is 21.6 Å². The maximum atomic E-state index is 12.4. The highest BCUT2D eigenvalue weighted by atomic mass is 32.2. The third-order valence-electron chi connectivity index (χ3n) is 3.44. The number of para-hydroxylation sites is 1. The molecule has 1 rings (SSSR count). The molecule has 6 heteroatoms. The number of rotatable bonds is 4. The van der Waals surface area contributed by atoms with Crippen LogP contribution in [0.4, 0.5) is 5.69 Å².